The summed E-state index contributed by atoms with van der Waals surface area (Å²) in [4.78, 5) is 2.40. The molecule has 1 N–H and O–H groups in total. The number of nitrogens with zero attached hydrogens (tertiary/aromatic N) is 1. The second-order valence-electron chi connectivity index (χ2n) is 5.43. The zero-order valence-corrected chi connectivity index (χ0v) is 12.7. The van der Waals surface area contributed by atoms with Crippen molar-refractivity contribution in [2.24, 2.45) is 5.92 Å². The molecule has 0 heterocycles. The number of rotatable bonds is 6. The summed E-state index contributed by atoms with van der Waals surface area (Å²) in [6, 6.07) is 9.64. The third-order valence-corrected chi connectivity index (χ3v) is 3.87. The molecule has 102 valence electrons. The van der Waals surface area contributed by atoms with Crippen LogP contribution in [0.15, 0.2) is 24.3 Å². The van der Waals surface area contributed by atoms with Crippen LogP contribution in [0.1, 0.15) is 46.2 Å². The zero-order valence-electron chi connectivity index (χ0n) is 12.7. The van der Waals surface area contributed by atoms with Gasteiger partial charge in [-0.2, -0.15) is 0 Å². The lowest BCUT2D eigenvalue weighted by Gasteiger charge is -2.33. The van der Waals surface area contributed by atoms with Gasteiger partial charge in [0.1, 0.15) is 0 Å². The van der Waals surface area contributed by atoms with E-state index in [9.17, 15) is 0 Å². The van der Waals surface area contributed by atoms with Gasteiger partial charge in [-0.1, -0.05) is 39.0 Å². The van der Waals surface area contributed by atoms with Crippen LogP contribution in [0.3, 0.4) is 0 Å². The molecule has 2 atom stereocenters. The van der Waals surface area contributed by atoms with E-state index in [0.717, 1.165) is 6.54 Å². The van der Waals surface area contributed by atoms with Crippen molar-refractivity contribution in [3.8, 4) is 0 Å². The summed E-state index contributed by atoms with van der Waals surface area (Å²) < 4.78 is 0. The minimum Gasteiger partial charge on any atom is -0.371 e. The first-order chi connectivity index (χ1) is 8.49. The van der Waals surface area contributed by atoms with Crippen molar-refractivity contribution in [1.29, 1.82) is 0 Å². The van der Waals surface area contributed by atoms with Gasteiger partial charge in [0.05, 0.1) is 0 Å². The van der Waals surface area contributed by atoms with Crippen molar-refractivity contribution >= 4 is 5.69 Å². The number of anilines is 1. The minimum atomic E-state index is 0.396. The molecule has 1 rings (SSSR count). The fraction of sp³-hybridized carbons (Fsp3) is 0.625. The maximum Gasteiger partial charge on any atom is 0.0414 e. The van der Waals surface area contributed by atoms with Crippen molar-refractivity contribution in [3.63, 3.8) is 0 Å². The van der Waals surface area contributed by atoms with E-state index in [0.29, 0.717) is 18.0 Å². The van der Waals surface area contributed by atoms with Crippen molar-refractivity contribution in [2.45, 2.75) is 46.7 Å². The summed E-state index contributed by atoms with van der Waals surface area (Å²) in [6.45, 7) is 12.2. The highest BCUT2D eigenvalue weighted by molar-refractivity contribution is 5.55. The molecule has 0 amide bonds. The van der Waals surface area contributed by atoms with Crippen LogP contribution in [0.4, 0.5) is 5.69 Å². The normalized spacial score (nSPS) is 14.6. The number of para-hydroxylation sites is 1. The molecule has 0 saturated heterocycles. The molecule has 0 saturated carbocycles. The standard InChI is InChI=1S/C16H28N2/c1-7-17-13(4)15-10-8-9-11-16(15)18(6)14(5)12(2)3/h8-14,17H,7H2,1-6H3. The quantitative estimate of drug-likeness (QED) is 0.823. The van der Waals surface area contributed by atoms with E-state index in [1.54, 1.807) is 0 Å². The summed E-state index contributed by atoms with van der Waals surface area (Å²) in [5.74, 6) is 0.650. The third kappa shape index (κ3) is 3.49. The highest BCUT2D eigenvalue weighted by atomic mass is 15.1. The largest absolute Gasteiger partial charge is 0.371 e. The Bertz CT molecular complexity index is 360. The smallest absolute Gasteiger partial charge is 0.0414 e. The molecular formula is C16H28N2. The third-order valence-electron chi connectivity index (χ3n) is 3.87. The van der Waals surface area contributed by atoms with Crippen LogP contribution in [0.25, 0.3) is 0 Å². The van der Waals surface area contributed by atoms with Crippen molar-refractivity contribution in [1.82, 2.24) is 5.32 Å². The highest BCUT2D eigenvalue weighted by Gasteiger charge is 2.18. The van der Waals surface area contributed by atoms with Crippen LogP contribution >= 0.6 is 0 Å². The van der Waals surface area contributed by atoms with Gasteiger partial charge in [0.15, 0.2) is 0 Å². The first-order valence-corrected chi connectivity index (χ1v) is 7.04. The summed E-state index contributed by atoms with van der Waals surface area (Å²) in [5.41, 5.74) is 2.72. The van der Waals surface area contributed by atoms with E-state index in [1.807, 2.05) is 0 Å². The predicted octanol–water partition coefficient (Wildman–Crippen LogP) is 3.84. The lowest BCUT2D eigenvalue weighted by Crippen LogP contribution is -2.34. The van der Waals surface area contributed by atoms with Crippen molar-refractivity contribution < 1.29 is 0 Å². The summed E-state index contributed by atoms with van der Waals surface area (Å²) in [6.07, 6.45) is 0. The van der Waals surface area contributed by atoms with E-state index in [1.165, 1.54) is 11.3 Å². The van der Waals surface area contributed by atoms with Crippen LogP contribution in [0.2, 0.25) is 0 Å². The Morgan fingerprint density at radius 2 is 1.72 bits per heavy atom. The van der Waals surface area contributed by atoms with Gasteiger partial charge in [-0.15, -0.1) is 0 Å². The van der Waals surface area contributed by atoms with Gasteiger partial charge in [-0.05, 0) is 37.9 Å². The molecule has 0 fully saturated rings. The van der Waals surface area contributed by atoms with Gasteiger partial charge in [-0.3, -0.25) is 0 Å². The second kappa shape index (κ2) is 6.79. The topological polar surface area (TPSA) is 15.3 Å². The molecule has 2 heteroatoms. The van der Waals surface area contributed by atoms with Gasteiger partial charge < -0.3 is 10.2 Å². The lowest BCUT2D eigenvalue weighted by molar-refractivity contribution is 0.502. The molecule has 0 aromatic heterocycles. The predicted molar refractivity (Wildman–Crippen MR) is 81.2 cm³/mol. The monoisotopic (exact) mass is 248 g/mol. The molecule has 0 aliphatic carbocycles. The van der Waals surface area contributed by atoms with Crippen LogP contribution in [-0.2, 0) is 0 Å². The van der Waals surface area contributed by atoms with E-state index in [-0.39, 0.29) is 0 Å². The molecule has 1 aromatic rings. The number of benzene rings is 1. The van der Waals surface area contributed by atoms with E-state index >= 15 is 0 Å². The minimum absolute atomic E-state index is 0.396. The molecule has 0 bridgehead atoms. The average Bonchev–Trinajstić information content (AvgIpc) is 2.37. The van der Waals surface area contributed by atoms with Gasteiger partial charge in [-0.25, -0.2) is 0 Å². The molecule has 0 radical (unpaired) electrons. The van der Waals surface area contributed by atoms with E-state index in [4.69, 9.17) is 0 Å². The molecule has 0 aliphatic rings. The number of nitrogens with one attached hydrogen (secondary N) is 1. The van der Waals surface area contributed by atoms with Crippen LogP contribution < -0.4 is 10.2 Å². The molecule has 0 aliphatic heterocycles. The van der Waals surface area contributed by atoms with Crippen molar-refractivity contribution in [3.05, 3.63) is 29.8 Å². The summed E-state index contributed by atoms with van der Waals surface area (Å²) >= 11 is 0. The lowest BCUT2D eigenvalue weighted by atomic mass is 10.0. The Morgan fingerprint density at radius 1 is 1.11 bits per heavy atom. The fourth-order valence-corrected chi connectivity index (χ4v) is 2.26. The molecule has 18 heavy (non-hydrogen) atoms. The number of hydrogen-bond donors (Lipinski definition) is 1. The Morgan fingerprint density at radius 3 is 2.28 bits per heavy atom. The Labute approximate surface area is 112 Å². The molecule has 2 unspecified atom stereocenters. The Balaban J connectivity index is 3.01. The average molecular weight is 248 g/mol. The molecular weight excluding hydrogens is 220 g/mol. The summed E-state index contributed by atoms with van der Waals surface area (Å²) in [5, 5.41) is 3.50. The molecule has 2 nitrogen and oxygen atoms in total. The SMILES string of the molecule is CCNC(C)c1ccccc1N(C)C(C)C(C)C. The van der Waals surface area contributed by atoms with Gasteiger partial charge >= 0.3 is 0 Å². The number of hydrogen-bond acceptors (Lipinski definition) is 2. The first kappa shape index (κ1) is 15.0. The highest BCUT2D eigenvalue weighted by Crippen LogP contribution is 2.28. The van der Waals surface area contributed by atoms with Crippen LogP contribution in [0, 0.1) is 5.92 Å². The summed E-state index contributed by atoms with van der Waals surface area (Å²) in [7, 11) is 2.20. The van der Waals surface area contributed by atoms with Crippen LogP contribution in [-0.4, -0.2) is 19.6 Å². The first-order valence-electron chi connectivity index (χ1n) is 7.04. The molecule has 1 aromatic carbocycles. The van der Waals surface area contributed by atoms with Gasteiger partial charge in [0.2, 0.25) is 0 Å². The van der Waals surface area contributed by atoms with Gasteiger partial charge in [0.25, 0.3) is 0 Å². The maximum absolute atomic E-state index is 3.50. The van der Waals surface area contributed by atoms with Crippen LogP contribution in [0.5, 0.6) is 0 Å². The second-order valence-corrected chi connectivity index (χ2v) is 5.43. The van der Waals surface area contributed by atoms with E-state index in [2.05, 4.69) is 76.1 Å². The zero-order chi connectivity index (χ0) is 13.7. The fourth-order valence-electron chi connectivity index (χ4n) is 2.26. The maximum atomic E-state index is 3.50. The van der Waals surface area contributed by atoms with Crippen molar-refractivity contribution in [2.75, 3.05) is 18.5 Å². The Kier molecular flexibility index (Phi) is 5.67. The Hall–Kier alpha value is -1.02. The molecule has 0 spiro atoms. The van der Waals surface area contributed by atoms with Gasteiger partial charge in [0, 0.05) is 24.8 Å². The van der Waals surface area contributed by atoms with E-state index < -0.39 is 0 Å².